The Morgan fingerprint density at radius 3 is 2.60 bits per heavy atom. The van der Waals surface area contributed by atoms with Gasteiger partial charge in [-0.2, -0.15) is 0 Å². The fourth-order valence-corrected chi connectivity index (χ4v) is 2.17. The molecule has 6 heteroatoms. The van der Waals surface area contributed by atoms with Gasteiger partial charge in [0.15, 0.2) is 0 Å². The maximum Gasteiger partial charge on any atom is 0.251 e. The van der Waals surface area contributed by atoms with Gasteiger partial charge in [0.05, 0.1) is 6.54 Å². The molecular weight excluding hydrogens is 261 g/mol. The summed E-state index contributed by atoms with van der Waals surface area (Å²) >= 11 is 0. The van der Waals surface area contributed by atoms with Crippen LogP contribution in [0, 0.1) is 12.7 Å². The lowest BCUT2D eigenvalue weighted by Crippen LogP contribution is -2.38. The number of carbonyl (C=O) groups is 2. The van der Waals surface area contributed by atoms with E-state index in [1.165, 1.54) is 6.07 Å². The fourth-order valence-electron chi connectivity index (χ4n) is 2.17. The number of anilines is 1. The molecule has 1 aromatic rings. The Bertz CT molecular complexity index is 516. The topological polar surface area (TPSA) is 75.4 Å². The van der Waals surface area contributed by atoms with Crippen LogP contribution < -0.4 is 11.1 Å². The Morgan fingerprint density at radius 2 is 2.00 bits per heavy atom. The van der Waals surface area contributed by atoms with E-state index in [1.54, 1.807) is 11.8 Å². The van der Waals surface area contributed by atoms with E-state index in [2.05, 4.69) is 5.32 Å². The Morgan fingerprint density at radius 1 is 1.35 bits per heavy atom. The van der Waals surface area contributed by atoms with E-state index in [0.717, 1.165) is 32.0 Å². The van der Waals surface area contributed by atoms with Gasteiger partial charge < -0.3 is 16.0 Å². The summed E-state index contributed by atoms with van der Waals surface area (Å²) in [6, 6.07) is 2.54. The van der Waals surface area contributed by atoms with E-state index < -0.39 is 11.7 Å². The molecule has 0 unspecified atom stereocenters. The molecule has 0 radical (unpaired) electrons. The number of nitrogen functional groups attached to an aromatic ring is 1. The first kappa shape index (κ1) is 14.3. The van der Waals surface area contributed by atoms with E-state index in [9.17, 15) is 14.0 Å². The third-order valence-electron chi connectivity index (χ3n) is 3.51. The van der Waals surface area contributed by atoms with Crippen LogP contribution in [0.15, 0.2) is 12.1 Å². The van der Waals surface area contributed by atoms with E-state index in [-0.39, 0.29) is 23.7 Å². The number of nitrogens with one attached hydrogen (secondary N) is 1. The molecule has 1 fully saturated rings. The molecule has 0 saturated carbocycles. The van der Waals surface area contributed by atoms with Crippen LogP contribution in [-0.2, 0) is 4.79 Å². The van der Waals surface area contributed by atoms with Gasteiger partial charge in [0.25, 0.3) is 5.91 Å². The first-order valence-electron chi connectivity index (χ1n) is 6.60. The van der Waals surface area contributed by atoms with Crippen molar-refractivity contribution < 1.29 is 14.0 Å². The van der Waals surface area contributed by atoms with E-state index in [4.69, 9.17) is 5.73 Å². The van der Waals surface area contributed by atoms with Crippen molar-refractivity contribution in [3.8, 4) is 0 Å². The SMILES string of the molecule is Cc1c(N)cc(C(=O)NCC(=O)N2CCCC2)cc1F. The van der Waals surface area contributed by atoms with Crippen molar-refractivity contribution in [3.05, 3.63) is 29.1 Å². The minimum Gasteiger partial charge on any atom is -0.398 e. The van der Waals surface area contributed by atoms with Crippen molar-refractivity contribution in [2.24, 2.45) is 0 Å². The lowest BCUT2D eigenvalue weighted by Gasteiger charge is -2.15. The van der Waals surface area contributed by atoms with E-state index in [1.807, 2.05) is 0 Å². The van der Waals surface area contributed by atoms with Gasteiger partial charge in [-0.3, -0.25) is 9.59 Å². The Hall–Kier alpha value is -2.11. The number of carbonyl (C=O) groups excluding carboxylic acids is 2. The third-order valence-corrected chi connectivity index (χ3v) is 3.51. The van der Waals surface area contributed by atoms with Crippen molar-refractivity contribution in [2.75, 3.05) is 25.4 Å². The number of nitrogens with zero attached hydrogens (tertiary/aromatic N) is 1. The molecule has 1 aliphatic rings. The van der Waals surface area contributed by atoms with E-state index >= 15 is 0 Å². The van der Waals surface area contributed by atoms with Crippen molar-refractivity contribution in [3.63, 3.8) is 0 Å². The lowest BCUT2D eigenvalue weighted by atomic mass is 10.1. The zero-order valence-electron chi connectivity index (χ0n) is 11.4. The molecule has 1 heterocycles. The highest BCUT2D eigenvalue weighted by Crippen LogP contribution is 2.17. The third kappa shape index (κ3) is 3.07. The fraction of sp³-hybridized carbons (Fsp3) is 0.429. The predicted octanol–water partition coefficient (Wildman–Crippen LogP) is 1.07. The maximum atomic E-state index is 13.5. The van der Waals surface area contributed by atoms with Crippen molar-refractivity contribution >= 4 is 17.5 Å². The lowest BCUT2D eigenvalue weighted by molar-refractivity contribution is -0.129. The summed E-state index contributed by atoms with van der Waals surface area (Å²) in [7, 11) is 0. The van der Waals surface area contributed by atoms with Crippen LogP contribution in [0.25, 0.3) is 0 Å². The van der Waals surface area contributed by atoms with Gasteiger partial charge in [0, 0.05) is 29.9 Å². The number of benzene rings is 1. The second kappa shape index (κ2) is 5.90. The number of rotatable bonds is 3. The first-order chi connectivity index (χ1) is 9.49. The minimum absolute atomic E-state index is 0.0752. The van der Waals surface area contributed by atoms with Crippen molar-refractivity contribution in [2.45, 2.75) is 19.8 Å². The van der Waals surface area contributed by atoms with Gasteiger partial charge >= 0.3 is 0 Å². The summed E-state index contributed by atoms with van der Waals surface area (Å²) < 4.78 is 13.5. The molecule has 1 aliphatic heterocycles. The second-order valence-electron chi connectivity index (χ2n) is 4.94. The summed E-state index contributed by atoms with van der Waals surface area (Å²) in [5, 5.41) is 2.50. The summed E-state index contributed by atoms with van der Waals surface area (Å²) in [6.45, 7) is 2.94. The van der Waals surface area contributed by atoms with Crippen LogP contribution in [0.3, 0.4) is 0 Å². The van der Waals surface area contributed by atoms with Gasteiger partial charge in [-0.1, -0.05) is 0 Å². The molecule has 0 aromatic heterocycles. The highest BCUT2D eigenvalue weighted by molar-refractivity contribution is 5.97. The van der Waals surface area contributed by atoms with Crippen LogP contribution in [0.2, 0.25) is 0 Å². The first-order valence-corrected chi connectivity index (χ1v) is 6.60. The van der Waals surface area contributed by atoms with Gasteiger partial charge in [-0.25, -0.2) is 4.39 Å². The van der Waals surface area contributed by atoms with Crippen molar-refractivity contribution in [1.29, 1.82) is 0 Å². The number of amides is 2. The average molecular weight is 279 g/mol. The summed E-state index contributed by atoms with van der Waals surface area (Å²) in [5.41, 5.74) is 6.28. The molecule has 5 nitrogen and oxygen atoms in total. The molecule has 108 valence electrons. The molecule has 3 N–H and O–H groups in total. The normalized spacial score (nSPS) is 14.4. The predicted molar refractivity (Wildman–Crippen MR) is 73.7 cm³/mol. The largest absolute Gasteiger partial charge is 0.398 e. The zero-order chi connectivity index (χ0) is 14.7. The Balaban J connectivity index is 1.96. The van der Waals surface area contributed by atoms with Gasteiger partial charge in [0.2, 0.25) is 5.91 Å². The smallest absolute Gasteiger partial charge is 0.251 e. The molecule has 0 bridgehead atoms. The highest BCUT2D eigenvalue weighted by atomic mass is 19.1. The molecule has 0 atom stereocenters. The maximum absolute atomic E-state index is 13.5. The highest BCUT2D eigenvalue weighted by Gasteiger charge is 2.19. The summed E-state index contributed by atoms with van der Waals surface area (Å²) in [4.78, 5) is 25.4. The summed E-state index contributed by atoms with van der Waals surface area (Å²) in [6.07, 6.45) is 2.00. The average Bonchev–Trinajstić information content (AvgIpc) is 2.95. The van der Waals surface area contributed by atoms with Crippen LogP contribution >= 0.6 is 0 Å². The van der Waals surface area contributed by atoms with Gasteiger partial charge in [-0.05, 0) is 31.9 Å². The van der Waals surface area contributed by atoms with Crippen LogP contribution in [0.1, 0.15) is 28.8 Å². The molecular formula is C14H18FN3O2. The number of halogens is 1. The molecule has 1 aromatic carbocycles. The molecule has 2 rings (SSSR count). The van der Waals surface area contributed by atoms with Gasteiger partial charge in [0.1, 0.15) is 5.82 Å². The second-order valence-corrected chi connectivity index (χ2v) is 4.94. The van der Waals surface area contributed by atoms with E-state index in [0.29, 0.717) is 5.56 Å². The Labute approximate surface area is 116 Å². The molecule has 0 spiro atoms. The Kier molecular flexibility index (Phi) is 4.22. The number of hydrogen-bond donors (Lipinski definition) is 2. The minimum atomic E-state index is -0.527. The van der Waals surface area contributed by atoms with Gasteiger partial charge in [-0.15, -0.1) is 0 Å². The molecule has 0 aliphatic carbocycles. The zero-order valence-corrected chi connectivity index (χ0v) is 11.4. The molecule has 20 heavy (non-hydrogen) atoms. The number of nitrogens with two attached hydrogens (primary N) is 1. The van der Waals surface area contributed by atoms with Crippen molar-refractivity contribution in [1.82, 2.24) is 10.2 Å². The van der Waals surface area contributed by atoms with Crippen LogP contribution in [0.5, 0.6) is 0 Å². The van der Waals surface area contributed by atoms with Crippen LogP contribution in [0.4, 0.5) is 10.1 Å². The molecule has 2 amide bonds. The monoisotopic (exact) mass is 279 g/mol. The number of hydrogen-bond acceptors (Lipinski definition) is 3. The molecule has 1 saturated heterocycles. The quantitative estimate of drug-likeness (QED) is 0.813. The summed E-state index contributed by atoms with van der Waals surface area (Å²) in [5.74, 6) is -1.14. The number of likely N-dealkylation sites (tertiary alicyclic amines) is 1. The van der Waals surface area contributed by atoms with Crippen LogP contribution in [-0.4, -0.2) is 36.3 Å². The standard InChI is InChI=1S/C14H18FN3O2/c1-9-11(15)6-10(7-12(9)16)14(20)17-8-13(19)18-4-2-3-5-18/h6-7H,2-5,8,16H2,1H3,(H,17,20).